The van der Waals surface area contributed by atoms with Crippen molar-refractivity contribution in [1.82, 2.24) is 0 Å². The third kappa shape index (κ3) is 6.38. The van der Waals surface area contributed by atoms with E-state index in [0.717, 1.165) is 31.4 Å². The molecule has 0 saturated heterocycles. The molecule has 0 bridgehead atoms. The molecule has 0 unspecified atom stereocenters. The van der Waals surface area contributed by atoms with Crippen LogP contribution in [-0.2, 0) is 6.18 Å². The zero-order valence-corrected chi connectivity index (χ0v) is 12.6. The molecular formula is C16H24F3NO. The molecule has 2 nitrogen and oxygen atoms in total. The van der Waals surface area contributed by atoms with Crippen molar-refractivity contribution in [3.05, 3.63) is 29.8 Å². The lowest BCUT2D eigenvalue weighted by Crippen LogP contribution is -2.17. The van der Waals surface area contributed by atoms with Gasteiger partial charge in [-0.15, -0.1) is 0 Å². The number of ether oxygens (including phenoxy) is 1. The summed E-state index contributed by atoms with van der Waals surface area (Å²) in [5.41, 5.74) is 4.99. The summed E-state index contributed by atoms with van der Waals surface area (Å²) < 4.78 is 43.1. The van der Waals surface area contributed by atoms with Gasteiger partial charge in [-0.05, 0) is 49.4 Å². The van der Waals surface area contributed by atoms with E-state index in [2.05, 4.69) is 13.8 Å². The highest BCUT2D eigenvalue weighted by Gasteiger charge is 2.30. The Morgan fingerprint density at radius 2 is 2.00 bits per heavy atom. The van der Waals surface area contributed by atoms with Crippen molar-refractivity contribution in [2.75, 3.05) is 13.2 Å². The van der Waals surface area contributed by atoms with E-state index in [0.29, 0.717) is 25.0 Å². The topological polar surface area (TPSA) is 35.2 Å². The van der Waals surface area contributed by atoms with Crippen LogP contribution in [0.15, 0.2) is 24.3 Å². The molecule has 0 radical (unpaired) electrons. The van der Waals surface area contributed by atoms with Gasteiger partial charge in [-0.25, -0.2) is 0 Å². The Hall–Kier alpha value is -1.23. The Morgan fingerprint density at radius 1 is 1.29 bits per heavy atom. The fourth-order valence-corrected chi connectivity index (χ4v) is 2.26. The van der Waals surface area contributed by atoms with Crippen molar-refractivity contribution in [3.63, 3.8) is 0 Å². The lowest BCUT2D eigenvalue weighted by Gasteiger charge is -2.18. The fraction of sp³-hybridized carbons (Fsp3) is 0.625. The maximum absolute atomic E-state index is 12.6. The first-order valence-electron chi connectivity index (χ1n) is 7.37. The second-order valence-electron chi connectivity index (χ2n) is 5.51. The molecule has 2 atom stereocenters. The molecule has 1 aromatic rings. The van der Waals surface area contributed by atoms with Crippen LogP contribution in [0, 0.1) is 11.8 Å². The highest BCUT2D eigenvalue weighted by molar-refractivity contribution is 5.30. The molecule has 120 valence electrons. The second kappa shape index (κ2) is 8.27. The lowest BCUT2D eigenvalue weighted by atomic mass is 9.92. The molecule has 5 heteroatoms. The van der Waals surface area contributed by atoms with E-state index in [1.54, 1.807) is 6.07 Å². The van der Waals surface area contributed by atoms with Crippen LogP contribution in [-0.4, -0.2) is 13.2 Å². The summed E-state index contributed by atoms with van der Waals surface area (Å²) in [5.74, 6) is 1.22. The summed E-state index contributed by atoms with van der Waals surface area (Å²) >= 11 is 0. The molecule has 1 aromatic carbocycles. The van der Waals surface area contributed by atoms with Crippen molar-refractivity contribution >= 4 is 0 Å². The molecule has 2 N–H and O–H groups in total. The Morgan fingerprint density at radius 3 is 2.57 bits per heavy atom. The van der Waals surface area contributed by atoms with Gasteiger partial charge >= 0.3 is 6.18 Å². The van der Waals surface area contributed by atoms with Crippen LogP contribution < -0.4 is 10.5 Å². The van der Waals surface area contributed by atoms with Gasteiger partial charge in [0.2, 0.25) is 0 Å². The van der Waals surface area contributed by atoms with E-state index in [-0.39, 0.29) is 5.75 Å². The van der Waals surface area contributed by atoms with E-state index in [1.807, 2.05) is 0 Å². The SMILES string of the molecule is CC[C@H](CN)C[C@H](C)CCOc1cccc(C(F)(F)F)c1. The van der Waals surface area contributed by atoms with Crippen LogP contribution >= 0.6 is 0 Å². The van der Waals surface area contributed by atoms with Gasteiger partial charge in [-0.3, -0.25) is 0 Å². The second-order valence-corrected chi connectivity index (χ2v) is 5.51. The van der Waals surface area contributed by atoms with E-state index in [4.69, 9.17) is 10.5 Å². The smallest absolute Gasteiger partial charge is 0.416 e. The average molecular weight is 303 g/mol. The number of alkyl halides is 3. The predicted molar refractivity (Wildman–Crippen MR) is 78.2 cm³/mol. The summed E-state index contributed by atoms with van der Waals surface area (Å²) in [5, 5.41) is 0. The quantitative estimate of drug-likeness (QED) is 0.768. The highest BCUT2D eigenvalue weighted by atomic mass is 19.4. The molecule has 0 aliphatic rings. The summed E-state index contributed by atoms with van der Waals surface area (Å²) in [6.07, 6.45) is -1.44. The summed E-state index contributed by atoms with van der Waals surface area (Å²) in [4.78, 5) is 0. The van der Waals surface area contributed by atoms with Gasteiger partial charge < -0.3 is 10.5 Å². The first kappa shape index (κ1) is 17.8. The highest BCUT2D eigenvalue weighted by Crippen LogP contribution is 2.31. The molecular weight excluding hydrogens is 279 g/mol. The Bertz CT molecular complexity index is 416. The predicted octanol–water partition coefficient (Wildman–Crippen LogP) is 4.49. The minimum absolute atomic E-state index is 0.267. The zero-order chi connectivity index (χ0) is 15.9. The van der Waals surface area contributed by atoms with Crippen LogP contribution in [0.4, 0.5) is 13.2 Å². The van der Waals surface area contributed by atoms with Gasteiger partial charge in [0, 0.05) is 0 Å². The largest absolute Gasteiger partial charge is 0.494 e. The summed E-state index contributed by atoms with van der Waals surface area (Å²) in [6, 6.07) is 5.00. The number of halogens is 3. The minimum atomic E-state index is -4.33. The Labute approximate surface area is 124 Å². The van der Waals surface area contributed by atoms with Gasteiger partial charge in [0.15, 0.2) is 0 Å². The van der Waals surface area contributed by atoms with E-state index in [9.17, 15) is 13.2 Å². The van der Waals surface area contributed by atoms with Crippen molar-refractivity contribution in [2.45, 2.75) is 39.3 Å². The lowest BCUT2D eigenvalue weighted by molar-refractivity contribution is -0.137. The first-order chi connectivity index (χ1) is 9.86. The maximum atomic E-state index is 12.6. The Balaban J connectivity index is 2.42. The standard InChI is InChI=1S/C16H24F3NO/c1-3-13(11-20)9-12(2)7-8-21-15-6-4-5-14(10-15)16(17,18)19/h4-6,10,12-13H,3,7-9,11,20H2,1-2H3/t12-,13+/m1/s1. The minimum Gasteiger partial charge on any atom is -0.494 e. The third-order valence-corrected chi connectivity index (χ3v) is 3.69. The van der Waals surface area contributed by atoms with Gasteiger partial charge in [0.1, 0.15) is 5.75 Å². The van der Waals surface area contributed by atoms with Crippen LogP contribution in [0.2, 0.25) is 0 Å². The van der Waals surface area contributed by atoms with E-state index in [1.165, 1.54) is 6.07 Å². The monoisotopic (exact) mass is 303 g/mol. The number of rotatable bonds is 8. The van der Waals surface area contributed by atoms with Crippen molar-refractivity contribution in [1.29, 1.82) is 0 Å². The van der Waals surface area contributed by atoms with E-state index < -0.39 is 11.7 Å². The van der Waals surface area contributed by atoms with Crippen LogP contribution in [0.25, 0.3) is 0 Å². The van der Waals surface area contributed by atoms with Gasteiger partial charge in [0.25, 0.3) is 0 Å². The van der Waals surface area contributed by atoms with Crippen molar-refractivity contribution in [2.24, 2.45) is 17.6 Å². The number of hydrogen-bond donors (Lipinski definition) is 1. The molecule has 0 aliphatic carbocycles. The molecule has 0 spiro atoms. The van der Waals surface area contributed by atoms with Crippen LogP contribution in [0.5, 0.6) is 5.75 Å². The zero-order valence-electron chi connectivity index (χ0n) is 12.6. The van der Waals surface area contributed by atoms with Gasteiger partial charge in [0.05, 0.1) is 12.2 Å². The average Bonchev–Trinajstić information content (AvgIpc) is 2.44. The molecule has 0 aromatic heterocycles. The molecule has 0 saturated carbocycles. The van der Waals surface area contributed by atoms with Crippen molar-refractivity contribution in [3.8, 4) is 5.75 Å². The van der Waals surface area contributed by atoms with Crippen LogP contribution in [0.1, 0.15) is 38.7 Å². The summed E-state index contributed by atoms with van der Waals surface area (Å²) in [6.45, 7) is 5.33. The molecule has 0 heterocycles. The molecule has 1 rings (SSSR count). The molecule has 0 amide bonds. The molecule has 21 heavy (non-hydrogen) atoms. The molecule has 0 fully saturated rings. The maximum Gasteiger partial charge on any atom is 0.416 e. The van der Waals surface area contributed by atoms with Gasteiger partial charge in [-0.1, -0.05) is 26.3 Å². The number of nitrogens with two attached hydrogens (primary N) is 1. The fourth-order valence-electron chi connectivity index (χ4n) is 2.26. The Kier molecular flexibility index (Phi) is 7.02. The van der Waals surface area contributed by atoms with Crippen molar-refractivity contribution < 1.29 is 17.9 Å². The van der Waals surface area contributed by atoms with Gasteiger partial charge in [-0.2, -0.15) is 13.2 Å². The first-order valence-corrected chi connectivity index (χ1v) is 7.37. The van der Waals surface area contributed by atoms with E-state index >= 15 is 0 Å². The number of benzene rings is 1. The van der Waals surface area contributed by atoms with Crippen LogP contribution in [0.3, 0.4) is 0 Å². The summed E-state index contributed by atoms with van der Waals surface area (Å²) in [7, 11) is 0. The number of hydrogen-bond acceptors (Lipinski definition) is 2. The molecule has 0 aliphatic heterocycles. The normalized spacial score (nSPS) is 14.8. The third-order valence-electron chi connectivity index (χ3n) is 3.69.